The first kappa shape index (κ1) is 28.8. The van der Waals surface area contributed by atoms with Gasteiger partial charge in [-0.1, -0.05) is 84.9 Å². The largest absolute Gasteiger partial charge is 0.309 e. The minimum Gasteiger partial charge on any atom is -0.309 e. The molecule has 7 aromatic carbocycles. The Bertz CT molecular complexity index is 2920. The van der Waals surface area contributed by atoms with Crippen LogP contribution in [0.1, 0.15) is 16.7 Å². The average molecular weight is 636 g/mol. The van der Waals surface area contributed by atoms with Crippen molar-refractivity contribution in [2.75, 3.05) is 0 Å². The molecule has 9 rings (SSSR count). The third kappa shape index (κ3) is 4.31. The number of nitriles is 3. The Morgan fingerprint density at radius 1 is 0.400 bits per heavy atom. The maximum absolute atomic E-state index is 10.3. The van der Waals surface area contributed by atoms with Gasteiger partial charge in [0.2, 0.25) is 0 Å². The van der Waals surface area contributed by atoms with Crippen molar-refractivity contribution in [1.29, 1.82) is 15.8 Å². The second-order valence-corrected chi connectivity index (χ2v) is 12.3. The van der Waals surface area contributed by atoms with Crippen LogP contribution in [0.3, 0.4) is 0 Å². The summed E-state index contributed by atoms with van der Waals surface area (Å²) in [6, 6.07) is 57.9. The molecule has 0 aliphatic rings. The van der Waals surface area contributed by atoms with Crippen molar-refractivity contribution in [3.05, 3.63) is 168 Å². The van der Waals surface area contributed by atoms with Crippen molar-refractivity contribution < 1.29 is 0 Å². The van der Waals surface area contributed by atoms with Crippen LogP contribution in [0.15, 0.2) is 152 Å². The summed E-state index contributed by atoms with van der Waals surface area (Å²) in [4.78, 5) is 0. The van der Waals surface area contributed by atoms with E-state index in [-0.39, 0.29) is 0 Å². The predicted octanol–water partition coefficient (Wildman–Crippen LogP) is 10.8. The molecule has 9 aromatic rings. The highest BCUT2D eigenvalue weighted by Crippen LogP contribution is 2.42. The van der Waals surface area contributed by atoms with Crippen molar-refractivity contribution in [2.45, 2.75) is 0 Å². The number of nitrogens with zero attached hydrogens (tertiary/aromatic N) is 5. The van der Waals surface area contributed by atoms with Gasteiger partial charge in [-0.3, -0.25) is 0 Å². The van der Waals surface area contributed by atoms with E-state index in [9.17, 15) is 15.8 Å². The molecule has 0 aliphatic carbocycles. The van der Waals surface area contributed by atoms with Gasteiger partial charge in [-0.25, -0.2) is 0 Å². The smallest absolute Gasteiger partial charge is 0.101 e. The highest BCUT2D eigenvalue weighted by atomic mass is 15.0. The van der Waals surface area contributed by atoms with Crippen LogP contribution < -0.4 is 0 Å². The Kier molecular flexibility index (Phi) is 6.56. The Balaban J connectivity index is 1.31. The van der Waals surface area contributed by atoms with Crippen molar-refractivity contribution in [3.63, 3.8) is 0 Å². The molecule has 2 aromatic heterocycles. The fourth-order valence-electron chi connectivity index (χ4n) is 7.48. The SMILES string of the molecule is N#Cc1ccc(-c2cccc(-n3c4ccccc4c4ccccc43)c2)c(-c2ccccc2-n2c3ccc(C#N)cc3c3cccc(C#N)c32)c1. The first-order chi connectivity index (χ1) is 24.7. The summed E-state index contributed by atoms with van der Waals surface area (Å²) in [6.45, 7) is 0. The van der Waals surface area contributed by atoms with Crippen molar-refractivity contribution in [3.8, 4) is 51.8 Å². The lowest BCUT2D eigenvalue weighted by Gasteiger charge is -2.18. The quantitative estimate of drug-likeness (QED) is 0.193. The van der Waals surface area contributed by atoms with Gasteiger partial charge in [0.15, 0.2) is 0 Å². The fraction of sp³-hybridized carbons (Fsp3) is 0. The molecule has 0 N–H and O–H groups in total. The summed E-state index contributed by atoms with van der Waals surface area (Å²) in [7, 11) is 0. The van der Waals surface area contributed by atoms with Crippen molar-refractivity contribution in [2.24, 2.45) is 0 Å². The van der Waals surface area contributed by atoms with Gasteiger partial charge in [0, 0.05) is 32.8 Å². The lowest BCUT2D eigenvalue weighted by molar-refractivity contribution is 1.17. The fourth-order valence-corrected chi connectivity index (χ4v) is 7.48. The molecule has 5 heteroatoms. The lowest BCUT2D eigenvalue weighted by atomic mass is 9.91. The van der Waals surface area contributed by atoms with Gasteiger partial charge in [0.05, 0.1) is 56.6 Å². The highest BCUT2D eigenvalue weighted by molar-refractivity contribution is 6.12. The molecule has 0 saturated heterocycles. The molecule has 0 bridgehead atoms. The maximum Gasteiger partial charge on any atom is 0.101 e. The second kappa shape index (κ2) is 11.4. The van der Waals surface area contributed by atoms with E-state index in [1.54, 1.807) is 0 Å². The third-order valence-electron chi connectivity index (χ3n) is 9.62. The van der Waals surface area contributed by atoms with E-state index in [2.05, 4.69) is 112 Å². The summed E-state index contributed by atoms with van der Waals surface area (Å²) >= 11 is 0. The van der Waals surface area contributed by atoms with E-state index in [0.29, 0.717) is 16.7 Å². The van der Waals surface area contributed by atoms with Crippen molar-refractivity contribution in [1.82, 2.24) is 9.13 Å². The maximum atomic E-state index is 10.3. The number of benzene rings is 7. The zero-order valence-electron chi connectivity index (χ0n) is 26.7. The third-order valence-corrected chi connectivity index (χ3v) is 9.62. The molecule has 0 saturated carbocycles. The summed E-state index contributed by atoms with van der Waals surface area (Å²) < 4.78 is 4.43. The van der Waals surface area contributed by atoms with E-state index < -0.39 is 0 Å². The normalized spacial score (nSPS) is 11.1. The zero-order valence-corrected chi connectivity index (χ0v) is 26.7. The second-order valence-electron chi connectivity index (χ2n) is 12.3. The molecule has 0 spiro atoms. The molecule has 0 fully saturated rings. The highest BCUT2D eigenvalue weighted by Gasteiger charge is 2.21. The van der Waals surface area contributed by atoms with Gasteiger partial charge < -0.3 is 9.13 Å². The Morgan fingerprint density at radius 3 is 1.80 bits per heavy atom. The zero-order chi connectivity index (χ0) is 33.8. The van der Waals surface area contributed by atoms with Crippen LogP contribution in [0.4, 0.5) is 0 Å². The minimum absolute atomic E-state index is 0.539. The van der Waals surface area contributed by atoms with Gasteiger partial charge in [0.25, 0.3) is 0 Å². The van der Waals surface area contributed by atoms with Crippen LogP contribution in [0.2, 0.25) is 0 Å². The van der Waals surface area contributed by atoms with Crippen LogP contribution in [0, 0.1) is 34.0 Å². The Morgan fingerprint density at radius 2 is 1.04 bits per heavy atom. The summed E-state index contributed by atoms with van der Waals surface area (Å²) in [5, 5.41) is 34.3. The van der Waals surface area contributed by atoms with E-state index in [4.69, 9.17) is 0 Å². The molecule has 50 heavy (non-hydrogen) atoms. The number of fused-ring (bicyclic) bond motifs is 6. The van der Waals surface area contributed by atoms with Crippen LogP contribution in [-0.2, 0) is 0 Å². The predicted molar refractivity (Wildman–Crippen MR) is 200 cm³/mol. The first-order valence-electron chi connectivity index (χ1n) is 16.3. The molecule has 0 amide bonds. The minimum atomic E-state index is 0.539. The van der Waals surface area contributed by atoms with E-state index in [1.165, 1.54) is 10.8 Å². The number of aromatic nitrogens is 2. The van der Waals surface area contributed by atoms with Gasteiger partial charge in [-0.2, -0.15) is 15.8 Å². The van der Waals surface area contributed by atoms with E-state index in [1.807, 2.05) is 66.7 Å². The first-order valence-corrected chi connectivity index (χ1v) is 16.3. The molecule has 2 heterocycles. The molecule has 0 atom stereocenters. The van der Waals surface area contributed by atoms with Gasteiger partial charge in [-0.05, 0) is 83.4 Å². The number of rotatable bonds is 4. The molecule has 0 aliphatic heterocycles. The summed E-state index contributed by atoms with van der Waals surface area (Å²) in [6.07, 6.45) is 0. The summed E-state index contributed by atoms with van der Waals surface area (Å²) in [5.41, 5.74) is 11.3. The van der Waals surface area contributed by atoms with Gasteiger partial charge >= 0.3 is 0 Å². The molecular formula is C45H25N5. The van der Waals surface area contributed by atoms with Crippen LogP contribution >= 0.6 is 0 Å². The van der Waals surface area contributed by atoms with E-state index >= 15 is 0 Å². The number of hydrogen-bond acceptors (Lipinski definition) is 3. The van der Waals surface area contributed by atoms with Crippen LogP contribution in [0.5, 0.6) is 0 Å². The number of para-hydroxylation sites is 4. The van der Waals surface area contributed by atoms with Crippen LogP contribution in [-0.4, -0.2) is 9.13 Å². The molecule has 230 valence electrons. The van der Waals surface area contributed by atoms with E-state index in [0.717, 1.165) is 66.5 Å². The topological polar surface area (TPSA) is 81.2 Å². The van der Waals surface area contributed by atoms with Gasteiger partial charge in [-0.15, -0.1) is 0 Å². The average Bonchev–Trinajstić information content (AvgIpc) is 3.70. The molecule has 0 unspecified atom stereocenters. The Labute approximate surface area is 287 Å². The van der Waals surface area contributed by atoms with Gasteiger partial charge in [0.1, 0.15) is 6.07 Å². The Hall–Kier alpha value is -7.39. The molecule has 0 radical (unpaired) electrons. The van der Waals surface area contributed by atoms with Crippen LogP contribution in [0.25, 0.3) is 77.2 Å². The molecule has 5 nitrogen and oxygen atoms in total. The molecular weight excluding hydrogens is 611 g/mol. The number of hydrogen-bond donors (Lipinski definition) is 0. The lowest BCUT2D eigenvalue weighted by Crippen LogP contribution is -2.00. The van der Waals surface area contributed by atoms with Crippen molar-refractivity contribution >= 4 is 43.6 Å². The monoisotopic (exact) mass is 635 g/mol. The summed E-state index contributed by atoms with van der Waals surface area (Å²) in [5.74, 6) is 0. The standard InChI is InChI=1S/C45H25N5/c46-26-29-19-21-34(31-9-7-11-33(25-31)49-41-16-4-1-12-35(41)36-13-2-5-17-42(36)49)39(23-29)37-14-3-6-18-43(37)50-44-22-20-30(27-47)24-40(44)38-15-8-10-32(28-48)45(38)50/h1-25H.